The molecule has 184 valence electrons. The lowest BCUT2D eigenvalue weighted by Crippen LogP contribution is -2.56. The van der Waals surface area contributed by atoms with Gasteiger partial charge in [-0.25, -0.2) is 10.8 Å². The number of piperazine rings is 1. The second kappa shape index (κ2) is 10.7. The Kier molecular flexibility index (Phi) is 7.45. The number of hydrogen-bond acceptors (Lipinski definition) is 9. The smallest absolute Gasteiger partial charge is 0.240 e. The van der Waals surface area contributed by atoms with Gasteiger partial charge in [0, 0.05) is 60.5 Å². The quantitative estimate of drug-likeness (QED) is 0.378. The number of hydrazine groups is 1. The van der Waals surface area contributed by atoms with E-state index in [1.54, 1.807) is 23.3 Å². The van der Waals surface area contributed by atoms with Crippen LogP contribution in [0.25, 0.3) is 11.0 Å². The number of thioether (sulfide) groups is 1. The van der Waals surface area contributed by atoms with Crippen molar-refractivity contribution in [3.8, 4) is 0 Å². The molecule has 1 amide bonds. The Morgan fingerprint density at radius 1 is 1.20 bits per heavy atom. The van der Waals surface area contributed by atoms with Gasteiger partial charge in [-0.2, -0.15) is 21.7 Å². The van der Waals surface area contributed by atoms with Gasteiger partial charge in [0.25, 0.3) is 0 Å². The number of nitrogens with two attached hydrogens (primary N) is 1. The van der Waals surface area contributed by atoms with Gasteiger partial charge in [-0.15, -0.1) is 0 Å². The topological polar surface area (TPSA) is 104 Å². The molecule has 0 unspecified atom stereocenters. The van der Waals surface area contributed by atoms with Crippen molar-refractivity contribution < 1.29 is 4.79 Å². The fourth-order valence-corrected chi connectivity index (χ4v) is 5.67. The van der Waals surface area contributed by atoms with Crippen LogP contribution in [0.3, 0.4) is 0 Å². The molecule has 9 nitrogen and oxygen atoms in total. The molecule has 2 aliphatic heterocycles. The molecule has 3 aromatic rings. The lowest BCUT2D eigenvalue weighted by atomic mass is 10.2. The maximum atomic E-state index is 12.9. The van der Waals surface area contributed by atoms with Crippen LogP contribution in [0.4, 0.5) is 11.8 Å². The Morgan fingerprint density at radius 2 is 2.03 bits per heavy atom. The van der Waals surface area contributed by atoms with E-state index in [2.05, 4.69) is 15.2 Å². The molecule has 4 heterocycles. The fourth-order valence-electron chi connectivity index (χ4n) is 4.28. The first-order valence-corrected chi connectivity index (χ1v) is 13.3. The van der Waals surface area contributed by atoms with E-state index in [0.717, 1.165) is 29.0 Å². The Hall–Kier alpha value is -2.37. The number of pyridine rings is 1. The lowest BCUT2D eigenvalue weighted by molar-refractivity contribution is -0.133. The molecule has 2 saturated heterocycles. The van der Waals surface area contributed by atoms with Gasteiger partial charge in [0.05, 0.1) is 18.0 Å². The highest BCUT2D eigenvalue weighted by atomic mass is 35.5. The summed E-state index contributed by atoms with van der Waals surface area (Å²) >= 11 is 14.2. The summed E-state index contributed by atoms with van der Waals surface area (Å²) in [4.78, 5) is 30.8. The predicted octanol–water partition coefficient (Wildman–Crippen LogP) is 2.57. The average Bonchev–Trinajstić information content (AvgIpc) is 2.89. The largest absolute Gasteiger partial charge is 0.338 e. The maximum Gasteiger partial charge on any atom is 0.240 e. The molecule has 2 aromatic heterocycles. The third-order valence-corrected chi connectivity index (χ3v) is 7.81. The molecule has 5 rings (SSSR count). The molecule has 0 radical (unpaired) electrons. The number of anilines is 2. The highest BCUT2D eigenvalue weighted by Gasteiger charge is 2.29. The number of nitrogens with one attached hydrogen (secondary N) is 1. The second-order valence-electron chi connectivity index (χ2n) is 8.48. The van der Waals surface area contributed by atoms with Crippen molar-refractivity contribution in [2.45, 2.75) is 12.6 Å². The van der Waals surface area contributed by atoms with Crippen LogP contribution in [0.15, 0.2) is 36.5 Å². The van der Waals surface area contributed by atoms with Gasteiger partial charge in [-0.1, -0.05) is 29.3 Å². The van der Waals surface area contributed by atoms with Gasteiger partial charge in [0.2, 0.25) is 11.9 Å². The molecule has 0 bridgehead atoms. The second-order valence-corrected chi connectivity index (χ2v) is 10.5. The number of carbonyl (C=O) groups is 1. The molecule has 12 heteroatoms. The van der Waals surface area contributed by atoms with E-state index < -0.39 is 0 Å². The van der Waals surface area contributed by atoms with E-state index in [1.807, 2.05) is 34.9 Å². The molecule has 1 atom stereocenters. The van der Waals surface area contributed by atoms with Crippen molar-refractivity contribution in [2.24, 2.45) is 5.84 Å². The van der Waals surface area contributed by atoms with Crippen molar-refractivity contribution in [2.75, 3.05) is 54.1 Å². The zero-order valence-corrected chi connectivity index (χ0v) is 21.4. The van der Waals surface area contributed by atoms with Crippen LogP contribution in [0.5, 0.6) is 0 Å². The zero-order chi connectivity index (χ0) is 24.4. The Labute approximate surface area is 217 Å². The van der Waals surface area contributed by atoms with E-state index in [1.165, 1.54) is 0 Å². The number of halogens is 2. The van der Waals surface area contributed by atoms with E-state index in [4.69, 9.17) is 39.0 Å². The summed E-state index contributed by atoms with van der Waals surface area (Å²) in [6, 6.07) is 8.96. The number of rotatable bonds is 5. The van der Waals surface area contributed by atoms with E-state index in [0.29, 0.717) is 60.2 Å². The monoisotopic (exact) mass is 532 g/mol. The number of amides is 1. The number of carbonyl (C=O) groups excluding carboxylic acids is 1. The summed E-state index contributed by atoms with van der Waals surface area (Å²) in [5.74, 6) is 9.64. The van der Waals surface area contributed by atoms with Crippen LogP contribution in [0, 0.1) is 0 Å². The maximum absolute atomic E-state index is 12.9. The van der Waals surface area contributed by atoms with Crippen molar-refractivity contribution in [1.29, 1.82) is 0 Å². The molecule has 0 spiro atoms. The van der Waals surface area contributed by atoms with Crippen LogP contribution in [0.1, 0.15) is 5.56 Å². The summed E-state index contributed by atoms with van der Waals surface area (Å²) in [7, 11) is 0. The molecular formula is C23H26Cl2N8OS. The summed E-state index contributed by atoms with van der Waals surface area (Å²) < 4.78 is 0. The minimum absolute atomic E-state index is 0.0986. The molecule has 0 aliphatic carbocycles. The molecule has 2 fully saturated rings. The first-order valence-electron chi connectivity index (χ1n) is 11.4. The van der Waals surface area contributed by atoms with Crippen LogP contribution in [-0.4, -0.2) is 76.0 Å². The van der Waals surface area contributed by atoms with Crippen molar-refractivity contribution in [3.05, 3.63) is 52.1 Å². The summed E-state index contributed by atoms with van der Waals surface area (Å²) in [5.41, 5.74) is 1.39. The average molecular weight is 533 g/mol. The molecule has 0 saturated carbocycles. The van der Waals surface area contributed by atoms with Crippen LogP contribution < -0.4 is 21.1 Å². The molecule has 2 aliphatic rings. The van der Waals surface area contributed by atoms with E-state index in [-0.39, 0.29) is 11.9 Å². The number of aromatic nitrogens is 3. The van der Waals surface area contributed by atoms with Crippen molar-refractivity contribution in [3.63, 3.8) is 0 Å². The first kappa shape index (κ1) is 24.3. The SMILES string of the molecule is NN(Cc1ccc(Cl)cc1Cl)c1nc(N2CCN(C(=O)[C@@H]3CSCCN3)CC2)nc2ncccc12. The van der Waals surface area contributed by atoms with Gasteiger partial charge in [-0.3, -0.25) is 9.80 Å². The summed E-state index contributed by atoms with van der Waals surface area (Å²) in [5, 5.41) is 6.74. The lowest BCUT2D eigenvalue weighted by Gasteiger charge is -2.37. The highest BCUT2D eigenvalue weighted by Crippen LogP contribution is 2.28. The zero-order valence-electron chi connectivity index (χ0n) is 19.0. The van der Waals surface area contributed by atoms with Gasteiger partial charge in [0.1, 0.15) is 0 Å². The minimum atomic E-state index is -0.0986. The summed E-state index contributed by atoms with van der Waals surface area (Å²) in [6.07, 6.45) is 1.70. The number of nitrogens with zero attached hydrogens (tertiary/aromatic N) is 6. The van der Waals surface area contributed by atoms with Gasteiger partial charge < -0.3 is 15.1 Å². The first-order chi connectivity index (χ1) is 17.0. The molecule has 35 heavy (non-hydrogen) atoms. The predicted molar refractivity (Wildman–Crippen MR) is 142 cm³/mol. The number of benzene rings is 1. The molecular weight excluding hydrogens is 507 g/mol. The third-order valence-electron chi connectivity index (χ3n) is 6.16. The van der Waals surface area contributed by atoms with Crippen LogP contribution in [0.2, 0.25) is 10.0 Å². The molecule has 3 N–H and O–H groups in total. The van der Waals surface area contributed by atoms with E-state index >= 15 is 0 Å². The summed E-state index contributed by atoms with van der Waals surface area (Å²) in [6.45, 7) is 3.72. The van der Waals surface area contributed by atoms with Crippen molar-refractivity contribution >= 4 is 63.7 Å². The Bertz CT molecular complexity index is 1220. The van der Waals surface area contributed by atoms with Crippen LogP contribution >= 0.6 is 35.0 Å². The normalized spacial score (nSPS) is 18.7. The van der Waals surface area contributed by atoms with Gasteiger partial charge in [0.15, 0.2) is 11.5 Å². The Morgan fingerprint density at radius 3 is 2.77 bits per heavy atom. The minimum Gasteiger partial charge on any atom is -0.338 e. The highest BCUT2D eigenvalue weighted by molar-refractivity contribution is 7.99. The van der Waals surface area contributed by atoms with Gasteiger partial charge in [-0.05, 0) is 29.8 Å². The molecule has 1 aromatic carbocycles. The number of fused-ring (bicyclic) bond motifs is 1. The third kappa shape index (κ3) is 5.41. The Balaban J connectivity index is 1.35. The van der Waals surface area contributed by atoms with Crippen molar-refractivity contribution in [1.82, 2.24) is 25.2 Å². The fraction of sp³-hybridized carbons (Fsp3) is 0.391. The van der Waals surface area contributed by atoms with E-state index in [9.17, 15) is 4.79 Å². The van der Waals surface area contributed by atoms with Gasteiger partial charge >= 0.3 is 0 Å². The number of hydrogen-bond donors (Lipinski definition) is 2. The standard InChI is InChI=1S/C23H26Cl2N8OS/c24-16-4-3-15(18(25)12-16)13-33(26)21-17-2-1-5-28-20(17)29-23(30-21)32-9-7-31(8-10-32)22(34)19-14-35-11-6-27-19/h1-5,12,19,27H,6-11,13-14,26H2/t19-/m0/s1. The van der Waals surface area contributed by atoms with Crippen LogP contribution in [-0.2, 0) is 11.3 Å².